The van der Waals surface area contributed by atoms with Crippen molar-refractivity contribution in [3.8, 4) is 5.75 Å². The van der Waals surface area contributed by atoms with Crippen molar-refractivity contribution in [2.45, 2.75) is 20.3 Å². The second-order valence-corrected chi connectivity index (χ2v) is 7.03. The van der Waals surface area contributed by atoms with Crippen LogP contribution in [0.4, 0.5) is 11.4 Å². The van der Waals surface area contributed by atoms with Gasteiger partial charge in [0.15, 0.2) is 6.61 Å². The highest BCUT2D eigenvalue weighted by Crippen LogP contribution is 2.31. The van der Waals surface area contributed by atoms with Crippen LogP contribution in [0.1, 0.15) is 17.5 Å². The van der Waals surface area contributed by atoms with Gasteiger partial charge in [-0.05, 0) is 49.2 Å². The van der Waals surface area contributed by atoms with Crippen LogP contribution in [0.3, 0.4) is 0 Å². The van der Waals surface area contributed by atoms with Gasteiger partial charge in [-0.1, -0.05) is 18.2 Å². The van der Waals surface area contributed by atoms with Crippen molar-refractivity contribution in [3.63, 3.8) is 0 Å². The summed E-state index contributed by atoms with van der Waals surface area (Å²) in [7, 11) is 1.56. The first-order valence-electron chi connectivity index (χ1n) is 9.36. The van der Waals surface area contributed by atoms with Crippen molar-refractivity contribution >= 4 is 29.2 Å². The van der Waals surface area contributed by atoms with Crippen molar-refractivity contribution in [1.29, 1.82) is 0 Å². The zero-order chi connectivity index (χ0) is 21.0. The lowest BCUT2D eigenvalue weighted by molar-refractivity contribution is -0.151. The molecule has 3 rings (SSSR count). The van der Waals surface area contributed by atoms with Gasteiger partial charge in [-0.2, -0.15) is 0 Å². The Balaban J connectivity index is 1.54. The van der Waals surface area contributed by atoms with Gasteiger partial charge in [0.2, 0.25) is 5.91 Å². The monoisotopic (exact) mass is 396 g/mol. The number of methoxy groups -OCH3 is 1. The van der Waals surface area contributed by atoms with Crippen LogP contribution in [0.25, 0.3) is 0 Å². The van der Waals surface area contributed by atoms with Crippen LogP contribution in [0.15, 0.2) is 42.5 Å². The number of anilines is 2. The number of amides is 2. The number of hydrogen-bond donors (Lipinski definition) is 1. The van der Waals surface area contributed by atoms with E-state index in [0.717, 1.165) is 16.8 Å². The molecule has 0 aromatic heterocycles. The number of ether oxygens (including phenoxy) is 2. The number of benzene rings is 2. The average Bonchev–Trinajstić information content (AvgIpc) is 3.08. The van der Waals surface area contributed by atoms with Crippen LogP contribution in [0.5, 0.6) is 5.75 Å². The predicted octanol–water partition coefficient (Wildman–Crippen LogP) is 2.85. The maximum atomic E-state index is 12.5. The van der Waals surface area contributed by atoms with Gasteiger partial charge in [-0.15, -0.1) is 0 Å². The Morgan fingerprint density at radius 2 is 1.76 bits per heavy atom. The van der Waals surface area contributed by atoms with E-state index in [1.54, 1.807) is 36.3 Å². The van der Waals surface area contributed by atoms with E-state index < -0.39 is 24.4 Å². The fraction of sp³-hybridized carbons (Fsp3) is 0.318. The molecule has 1 heterocycles. The molecule has 0 spiro atoms. The smallest absolute Gasteiger partial charge is 0.311 e. The van der Waals surface area contributed by atoms with Gasteiger partial charge in [-0.3, -0.25) is 14.4 Å². The minimum absolute atomic E-state index is 0.0761. The fourth-order valence-corrected chi connectivity index (χ4v) is 3.44. The van der Waals surface area contributed by atoms with Crippen LogP contribution >= 0.6 is 0 Å². The zero-order valence-corrected chi connectivity index (χ0v) is 16.7. The molecule has 29 heavy (non-hydrogen) atoms. The lowest BCUT2D eigenvalue weighted by atomic mass is 10.1. The molecule has 1 fully saturated rings. The van der Waals surface area contributed by atoms with Gasteiger partial charge < -0.3 is 19.7 Å². The van der Waals surface area contributed by atoms with E-state index in [2.05, 4.69) is 5.32 Å². The molecule has 2 aromatic rings. The molecule has 0 saturated carbocycles. The maximum absolute atomic E-state index is 12.5. The molecule has 0 bridgehead atoms. The number of hydrogen-bond acceptors (Lipinski definition) is 5. The molecule has 1 N–H and O–H groups in total. The molecule has 0 unspecified atom stereocenters. The Bertz CT molecular complexity index is 903. The average molecular weight is 396 g/mol. The summed E-state index contributed by atoms with van der Waals surface area (Å²) >= 11 is 0. The van der Waals surface area contributed by atoms with Crippen molar-refractivity contribution in [3.05, 3.63) is 53.6 Å². The van der Waals surface area contributed by atoms with Crippen LogP contribution in [-0.2, 0) is 19.1 Å². The third-order valence-electron chi connectivity index (χ3n) is 4.89. The van der Waals surface area contributed by atoms with E-state index in [1.807, 2.05) is 32.0 Å². The fourth-order valence-electron chi connectivity index (χ4n) is 3.44. The third-order valence-corrected chi connectivity index (χ3v) is 4.89. The molecule has 0 radical (unpaired) electrons. The number of rotatable bonds is 6. The molecule has 7 heteroatoms. The van der Waals surface area contributed by atoms with Crippen molar-refractivity contribution in [2.75, 3.05) is 30.5 Å². The number of esters is 1. The molecule has 152 valence electrons. The van der Waals surface area contributed by atoms with Gasteiger partial charge in [0.1, 0.15) is 5.75 Å². The Hall–Kier alpha value is -3.35. The van der Waals surface area contributed by atoms with Crippen molar-refractivity contribution in [2.24, 2.45) is 5.92 Å². The maximum Gasteiger partial charge on any atom is 0.311 e. The van der Waals surface area contributed by atoms with E-state index in [4.69, 9.17) is 9.47 Å². The summed E-state index contributed by atoms with van der Waals surface area (Å²) < 4.78 is 10.2. The van der Waals surface area contributed by atoms with Gasteiger partial charge in [0.05, 0.1) is 13.0 Å². The SMILES string of the molecule is COc1ccc(NC(=O)COC(=O)[C@@H]2CC(=O)N(c3c(C)cccc3C)C2)cc1. The highest BCUT2D eigenvalue weighted by Gasteiger charge is 2.37. The topological polar surface area (TPSA) is 84.9 Å². The van der Waals surface area contributed by atoms with Crippen LogP contribution in [0, 0.1) is 19.8 Å². The van der Waals surface area contributed by atoms with E-state index in [-0.39, 0.29) is 18.9 Å². The normalized spacial score (nSPS) is 15.9. The van der Waals surface area contributed by atoms with Gasteiger partial charge in [0, 0.05) is 24.3 Å². The number of para-hydroxylation sites is 1. The summed E-state index contributed by atoms with van der Waals surface area (Å²) in [6.07, 6.45) is 0.0761. The largest absolute Gasteiger partial charge is 0.497 e. The molecule has 1 atom stereocenters. The lowest BCUT2D eigenvalue weighted by Crippen LogP contribution is -2.29. The standard InChI is InChI=1S/C22H24N2O5/c1-14-5-4-6-15(2)21(14)24-12-16(11-20(24)26)22(27)29-13-19(25)23-17-7-9-18(28-3)10-8-17/h4-10,16H,11-13H2,1-3H3,(H,23,25)/t16-/m1/s1. The first kappa shape index (κ1) is 20.4. The van der Waals surface area contributed by atoms with Crippen LogP contribution in [-0.4, -0.2) is 38.0 Å². The predicted molar refractivity (Wildman–Crippen MR) is 109 cm³/mol. The number of nitrogens with one attached hydrogen (secondary N) is 1. The van der Waals surface area contributed by atoms with Gasteiger partial charge in [-0.25, -0.2) is 0 Å². The summed E-state index contributed by atoms with van der Waals surface area (Å²) in [5.41, 5.74) is 3.37. The number of carbonyl (C=O) groups excluding carboxylic acids is 3. The van der Waals surface area contributed by atoms with E-state index in [1.165, 1.54) is 0 Å². The highest BCUT2D eigenvalue weighted by atomic mass is 16.5. The number of aryl methyl sites for hydroxylation is 2. The summed E-state index contributed by atoms with van der Waals surface area (Å²) in [4.78, 5) is 38.5. The summed E-state index contributed by atoms with van der Waals surface area (Å²) in [5.74, 6) is -1.02. The van der Waals surface area contributed by atoms with Gasteiger partial charge >= 0.3 is 5.97 Å². The van der Waals surface area contributed by atoms with Crippen LogP contribution < -0.4 is 15.0 Å². The number of carbonyl (C=O) groups is 3. The van der Waals surface area contributed by atoms with E-state index >= 15 is 0 Å². The molecular weight excluding hydrogens is 372 g/mol. The second-order valence-electron chi connectivity index (χ2n) is 7.03. The molecule has 0 aliphatic carbocycles. The third kappa shape index (κ3) is 4.74. The molecule has 1 saturated heterocycles. The molecule has 2 amide bonds. The first-order valence-corrected chi connectivity index (χ1v) is 9.36. The molecule has 7 nitrogen and oxygen atoms in total. The van der Waals surface area contributed by atoms with E-state index in [9.17, 15) is 14.4 Å². The Morgan fingerprint density at radius 1 is 1.10 bits per heavy atom. The van der Waals surface area contributed by atoms with Crippen molar-refractivity contribution < 1.29 is 23.9 Å². The molecule has 1 aliphatic heterocycles. The minimum atomic E-state index is -0.588. The Kier molecular flexibility index (Phi) is 6.16. The second kappa shape index (κ2) is 8.77. The highest BCUT2D eigenvalue weighted by molar-refractivity contribution is 6.01. The summed E-state index contributed by atoms with van der Waals surface area (Å²) in [6, 6.07) is 12.6. The molecular formula is C22H24N2O5. The lowest BCUT2D eigenvalue weighted by Gasteiger charge is -2.21. The Labute approximate surface area is 169 Å². The van der Waals surface area contributed by atoms with Crippen molar-refractivity contribution in [1.82, 2.24) is 0 Å². The quantitative estimate of drug-likeness (QED) is 0.759. The molecule has 2 aromatic carbocycles. The van der Waals surface area contributed by atoms with E-state index in [0.29, 0.717) is 11.4 Å². The molecule has 1 aliphatic rings. The summed E-state index contributed by atoms with van der Waals surface area (Å²) in [6.45, 7) is 3.72. The van der Waals surface area contributed by atoms with Gasteiger partial charge in [0.25, 0.3) is 5.91 Å². The first-order chi connectivity index (χ1) is 13.9. The number of nitrogens with zero attached hydrogens (tertiary/aromatic N) is 1. The minimum Gasteiger partial charge on any atom is -0.497 e. The van der Waals surface area contributed by atoms with Crippen LogP contribution in [0.2, 0.25) is 0 Å². The summed E-state index contributed by atoms with van der Waals surface area (Å²) in [5, 5.41) is 2.65. The Morgan fingerprint density at radius 3 is 2.38 bits per heavy atom. The zero-order valence-electron chi connectivity index (χ0n) is 16.7.